The van der Waals surface area contributed by atoms with E-state index < -0.39 is 12.2 Å². The number of halogens is 1. The summed E-state index contributed by atoms with van der Waals surface area (Å²) in [5.41, 5.74) is 3.78. The van der Waals surface area contributed by atoms with Crippen LogP contribution in [0.5, 0.6) is 0 Å². The number of hydrogen-bond donors (Lipinski definition) is 2. The lowest BCUT2D eigenvalue weighted by Crippen LogP contribution is -2.47. The van der Waals surface area contributed by atoms with Crippen LogP contribution in [-0.2, 0) is 11.2 Å². The zero-order valence-corrected chi connectivity index (χ0v) is 19.6. The number of anilines is 2. The number of carbonyl (C=O) groups excluding carboxylic acids is 2. The van der Waals surface area contributed by atoms with Gasteiger partial charge in [0.25, 0.3) is 5.91 Å². The summed E-state index contributed by atoms with van der Waals surface area (Å²) in [4.78, 5) is 33.4. The molecule has 0 spiro atoms. The number of nitrogens with one attached hydrogen (secondary N) is 2. The van der Waals surface area contributed by atoms with Crippen molar-refractivity contribution in [1.29, 1.82) is 0 Å². The average molecular weight is 467 g/mol. The smallest absolute Gasteiger partial charge is 0.308 e. The molecule has 0 radical (unpaired) electrons. The molecule has 1 aliphatic heterocycles. The van der Waals surface area contributed by atoms with Crippen molar-refractivity contribution in [2.24, 2.45) is 4.99 Å². The van der Waals surface area contributed by atoms with E-state index in [9.17, 15) is 9.59 Å². The van der Waals surface area contributed by atoms with Gasteiger partial charge in [-0.2, -0.15) is 0 Å². The van der Waals surface area contributed by atoms with E-state index in [2.05, 4.69) is 17.6 Å². The fourth-order valence-electron chi connectivity index (χ4n) is 3.54. The highest BCUT2D eigenvalue weighted by molar-refractivity contribution is 7.16. The predicted molar refractivity (Wildman–Crippen MR) is 131 cm³/mol. The van der Waals surface area contributed by atoms with Gasteiger partial charge in [-0.1, -0.05) is 48.9 Å². The van der Waals surface area contributed by atoms with Crippen molar-refractivity contribution in [2.75, 3.05) is 17.3 Å². The molecule has 1 aliphatic rings. The molecule has 3 amide bonds. The Morgan fingerprint density at radius 3 is 2.66 bits per heavy atom. The van der Waals surface area contributed by atoms with Crippen LogP contribution < -0.4 is 15.5 Å². The predicted octanol–water partition coefficient (Wildman–Crippen LogP) is 5.23. The highest BCUT2D eigenvalue weighted by Gasteiger charge is 2.33. The first-order chi connectivity index (χ1) is 15.4. The number of aliphatic imine (C=N–C) groups is 1. The molecule has 164 valence electrons. The quantitative estimate of drug-likeness (QED) is 0.552. The zero-order chi connectivity index (χ0) is 22.8. The van der Waals surface area contributed by atoms with Crippen molar-refractivity contribution < 1.29 is 9.59 Å². The third kappa shape index (κ3) is 4.40. The molecule has 1 unspecified atom stereocenters. The summed E-state index contributed by atoms with van der Waals surface area (Å²) < 4.78 is 0. The van der Waals surface area contributed by atoms with Gasteiger partial charge in [0, 0.05) is 33.8 Å². The zero-order valence-electron chi connectivity index (χ0n) is 18.0. The number of likely N-dealkylation sites (N-methyl/N-ethyl adjacent to an activating group) is 1. The van der Waals surface area contributed by atoms with Gasteiger partial charge in [0.2, 0.25) is 6.17 Å². The molecule has 8 heteroatoms. The second kappa shape index (κ2) is 9.14. The van der Waals surface area contributed by atoms with E-state index >= 15 is 0 Å². The lowest BCUT2D eigenvalue weighted by atomic mass is 10.0. The Kier molecular flexibility index (Phi) is 6.30. The van der Waals surface area contributed by atoms with Gasteiger partial charge in [0.15, 0.2) is 0 Å². The van der Waals surface area contributed by atoms with Crippen LogP contribution in [0.3, 0.4) is 0 Å². The molecule has 2 aromatic carbocycles. The van der Waals surface area contributed by atoms with Crippen LogP contribution in [0.15, 0.2) is 59.6 Å². The lowest BCUT2D eigenvalue weighted by molar-refractivity contribution is -0.119. The van der Waals surface area contributed by atoms with Gasteiger partial charge in [-0.05, 0) is 43.2 Å². The van der Waals surface area contributed by atoms with Gasteiger partial charge in [-0.3, -0.25) is 4.79 Å². The molecular formula is C24H23ClN4O2S. The van der Waals surface area contributed by atoms with E-state index in [1.807, 2.05) is 49.4 Å². The number of benzene rings is 2. The number of thiophene rings is 1. The number of rotatable bonds is 4. The minimum Gasteiger partial charge on any atom is -0.308 e. The molecule has 1 aromatic heterocycles. The van der Waals surface area contributed by atoms with E-state index in [0.29, 0.717) is 22.0 Å². The molecular weight excluding hydrogens is 444 g/mol. The van der Waals surface area contributed by atoms with Gasteiger partial charge in [0.1, 0.15) is 5.00 Å². The Morgan fingerprint density at radius 1 is 1.16 bits per heavy atom. The van der Waals surface area contributed by atoms with Crippen molar-refractivity contribution in [3.63, 3.8) is 0 Å². The maximum Gasteiger partial charge on any atom is 0.321 e. The first-order valence-corrected chi connectivity index (χ1v) is 11.4. The molecule has 1 atom stereocenters. The van der Waals surface area contributed by atoms with Crippen LogP contribution in [0, 0.1) is 6.92 Å². The highest BCUT2D eigenvalue weighted by Crippen LogP contribution is 2.36. The monoisotopic (exact) mass is 466 g/mol. The normalized spacial score (nSPS) is 15.6. The second-order valence-corrected chi connectivity index (χ2v) is 9.03. The summed E-state index contributed by atoms with van der Waals surface area (Å²) in [6, 6.07) is 16.3. The number of aryl methyl sites for hydroxylation is 2. The molecule has 3 aromatic rings. The maximum atomic E-state index is 13.3. The van der Waals surface area contributed by atoms with Crippen LogP contribution >= 0.6 is 22.9 Å². The minimum atomic E-state index is -1.10. The second-order valence-electron chi connectivity index (χ2n) is 7.51. The summed E-state index contributed by atoms with van der Waals surface area (Å²) in [5.74, 6) is -0.322. The molecule has 6 nitrogen and oxygen atoms in total. The largest absolute Gasteiger partial charge is 0.321 e. The van der Waals surface area contributed by atoms with Crippen molar-refractivity contribution in [1.82, 2.24) is 5.32 Å². The van der Waals surface area contributed by atoms with Crippen LogP contribution in [0.2, 0.25) is 5.02 Å². The fourth-order valence-corrected chi connectivity index (χ4v) is 4.82. The van der Waals surface area contributed by atoms with Crippen LogP contribution in [0.25, 0.3) is 0 Å². The van der Waals surface area contributed by atoms with Crippen molar-refractivity contribution in [2.45, 2.75) is 26.4 Å². The number of nitrogens with zero attached hydrogens (tertiary/aromatic N) is 2. The summed E-state index contributed by atoms with van der Waals surface area (Å²) in [7, 11) is 1.70. The number of carbonyl (C=O) groups is 2. The first kappa shape index (κ1) is 22.0. The maximum absolute atomic E-state index is 13.3. The molecule has 0 saturated heterocycles. The van der Waals surface area contributed by atoms with E-state index in [-0.39, 0.29) is 5.91 Å². The number of hydrogen-bond acceptors (Lipinski definition) is 4. The number of fused-ring (bicyclic) bond motifs is 1. The third-order valence-corrected chi connectivity index (χ3v) is 6.85. The number of amides is 3. The van der Waals surface area contributed by atoms with E-state index in [0.717, 1.165) is 27.4 Å². The highest BCUT2D eigenvalue weighted by atomic mass is 35.5. The van der Waals surface area contributed by atoms with Crippen molar-refractivity contribution in [3.8, 4) is 0 Å². The summed E-state index contributed by atoms with van der Waals surface area (Å²) >= 11 is 8.03. The summed E-state index contributed by atoms with van der Waals surface area (Å²) in [6.07, 6.45) is -0.253. The van der Waals surface area contributed by atoms with Crippen molar-refractivity contribution in [3.05, 3.63) is 81.2 Å². The standard InChI is InChI=1S/C24H23ClN4O2S/c1-4-16-13-18-20(17-10-5-6-11-19(17)25)27-21(22(30)29(3)23(18)32-16)28-24(31)26-15-9-7-8-14(2)12-15/h5-13,21H,4H2,1-3H3,(H2,26,28,31). The molecule has 4 rings (SSSR count). The van der Waals surface area contributed by atoms with E-state index in [1.165, 1.54) is 0 Å². The van der Waals surface area contributed by atoms with Gasteiger partial charge in [0.05, 0.1) is 5.71 Å². The SMILES string of the molecule is CCc1cc2c(s1)N(C)C(=O)C(NC(=O)Nc1cccc(C)c1)N=C2c1ccccc1Cl. The summed E-state index contributed by atoms with van der Waals surface area (Å²) in [6.45, 7) is 4.01. The molecule has 32 heavy (non-hydrogen) atoms. The minimum absolute atomic E-state index is 0.322. The average Bonchev–Trinajstić information content (AvgIpc) is 3.17. The molecule has 0 saturated carbocycles. The van der Waals surface area contributed by atoms with Crippen LogP contribution in [-0.4, -0.2) is 30.9 Å². The van der Waals surface area contributed by atoms with Gasteiger partial charge < -0.3 is 15.5 Å². The first-order valence-electron chi connectivity index (χ1n) is 10.2. The van der Waals surface area contributed by atoms with Crippen molar-refractivity contribution >= 4 is 51.3 Å². The lowest BCUT2D eigenvalue weighted by Gasteiger charge is -2.19. The van der Waals surface area contributed by atoms with Gasteiger partial charge in [-0.15, -0.1) is 11.3 Å². The Hall–Kier alpha value is -3.16. The molecule has 2 N–H and O–H groups in total. The van der Waals surface area contributed by atoms with E-state index in [1.54, 1.807) is 35.4 Å². The third-order valence-electron chi connectivity index (χ3n) is 5.17. The Labute approximate surface area is 195 Å². The summed E-state index contributed by atoms with van der Waals surface area (Å²) in [5, 5.41) is 6.80. The van der Waals surface area contributed by atoms with E-state index in [4.69, 9.17) is 16.6 Å². The number of urea groups is 1. The Bertz CT molecular complexity index is 1220. The topological polar surface area (TPSA) is 73.8 Å². The molecule has 0 aliphatic carbocycles. The van der Waals surface area contributed by atoms with Crippen LogP contribution in [0.4, 0.5) is 15.5 Å². The Balaban J connectivity index is 1.73. The molecule has 0 bridgehead atoms. The Morgan fingerprint density at radius 2 is 1.94 bits per heavy atom. The van der Waals surface area contributed by atoms with Gasteiger partial charge >= 0.3 is 6.03 Å². The van der Waals surface area contributed by atoms with Gasteiger partial charge in [-0.25, -0.2) is 9.79 Å². The molecule has 2 heterocycles. The fraction of sp³-hybridized carbons (Fsp3) is 0.208. The van der Waals surface area contributed by atoms with Crippen LogP contribution in [0.1, 0.15) is 28.5 Å². The molecule has 0 fully saturated rings.